The number of imide groups is 2. The molecule has 43 heavy (non-hydrogen) atoms. The number of carbonyl (C=O) groups excluding carboxylic acids is 4. The maximum absolute atomic E-state index is 14.1. The predicted octanol–water partition coefficient (Wildman–Crippen LogP) is 4.44. The van der Waals surface area contributed by atoms with Gasteiger partial charge in [-0.2, -0.15) is 0 Å². The van der Waals surface area contributed by atoms with Crippen molar-refractivity contribution < 1.29 is 34.2 Å². The third-order valence-electron chi connectivity index (χ3n) is 9.61. The fourth-order valence-corrected chi connectivity index (χ4v) is 8.64. The molecule has 6 atom stereocenters. The summed E-state index contributed by atoms with van der Waals surface area (Å²) in [6.45, 7) is 0. The number of carboxylic acid groups (broad SMARTS) is 1. The van der Waals surface area contributed by atoms with E-state index < -0.39 is 63.0 Å². The van der Waals surface area contributed by atoms with Gasteiger partial charge in [0.05, 0.1) is 23.1 Å². The summed E-state index contributed by atoms with van der Waals surface area (Å²) in [6, 6.07) is 16.1. The smallest absolute Gasteiger partial charge is 0.335 e. The lowest BCUT2D eigenvalue weighted by Crippen LogP contribution is -2.60. The standard InChI is InChI=1S/C32H24Cl2N2O7/c1-35-29(42)31(33)14-22-19(24(32(31,34)30(35)43)21-10-9-15-5-2-3-8-18(15)25(21)37)11-12-20-23(22)27(39)36(26(20)38)17-7-4-6-16(13-17)28(40)41/h2-11,13,20,22-24,37H,12,14H2,1H3,(H,40,41). The number of phenolic OH excluding ortho intramolecular Hbond substituents is 1. The number of fused-ring (bicyclic) bond motifs is 5. The highest BCUT2D eigenvalue weighted by Crippen LogP contribution is 2.66. The first kappa shape index (κ1) is 27.6. The normalized spacial score (nSPS) is 31.7. The zero-order valence-electron chi connectivity index (χ0n) is 22.7. The highest BCUT2D eigenvalue weighted by atomic mass is 35.5. The Kier molecular flexibility index (Phi) is 5.87. The summed E-state index contributed by atoms with van der Waals surface area (Å²) in [5, 5.41) is 22.3. The molecule has 0 bridgehead atoms. The van der Waals surface area contributed by atoms with Crippen molar-refractivity contribution in [1.29, 1.82) is 0 Å². The van der Waals surface area contributed by atoms with E-state index in [0.717, 1.165) is 15.2 Å². The highest BCUT2D eigenvalue weighted by molar-refractivity contribution is 6.53. The number of phenols is 1. The van der Waals surface area contributed by atoms with E-state index in [-0.39, 0.29) is 35.4 Å². The molecule has 0 spiro atoms. The third-order valence-corrected chi connectivity index (χ3v) is 11.0. The van der Waals surface area contributed by atoms with E-state index in [4.69, 9.17) is 23.2 Å². The number of hydrogen-bond acceptors (Lipinski definition) is 6. The Morgan fingerprint density at radius 2 is 1.67 bits per heavy atom. The molecule has 9 nitrogen and oxygen atoms in total. The number of rotatable bonds is 3. The summed E-state index contributed by atoms with van der Waals surface area (Å²) in [7, 11) is 1.30. The van der Waals surface area contributed by atoms with Crippen LogP contribution in [0.5, 0.6) is 5.75 Å². The van der Waals surface area contributed by atoms with Crippen LogP contribution < -0.4 is 4.90 Å². The van der Waals surface area contributed by atoms with Crippen molar-refractivity contribution in [3.05, 3.63) is 83.4 Å². The zero-order chi connectivity index (χ0) is 30.6. The number of aromatic carboxylic acids is 1. The van der Waals surface area contributed by atoms with Gasteiger partial charge in [-0.25, -0.2) is 4.79 Å². The molecule has 7 rings (SSSR count). The van der Waals surface area contributed by atoms with E-state index in [1.165, 1.54) is 31.3 Å². The molecule has 2 aliphatic carbocycles. The number of aromatic hydroxyl groups is 1. The number of amides is 4. The lowest BCUT2D eigenvalue weighted by molar-refractivity contribution is -0.138. The Balaban J connectivity index is 1.41. The first-order valence-electron chi connectivity index (χ1n) is 13.7. The number of hydrogen-bond donors (Lipinski definition) is 2. The minimum absolute atomic E-state index is 0.0824. The van der Waals surface area contributed by atoms with Crippen LogP contribution in [0.4, 0.5) is 5.69 Å². The maximum atomic E-state index is 14.1. The highest BCUT2D eigenvalue weighted by Gasteiger charge is 2.76. The van der Waals surface area contributed by atoms with Crippen LogP contribution in [0, 0.1) is 17.8 Å². The van der Waals surface area contributed by atoms with Crippen molar-refractivity contribution in [1.82, 2.24) is 4.90 Å². The molecule has 218 valence electrons. The van der Waals surface area contributed by atoms with Crippen molar-refractivity contribution in [3.63, 3.8) is 0 Å². The lowest BCUT2D eigenvalue weighted by Gasteiger charge is -2.50. The van der Waals surface area contributed by atoms with Crippen LogP contribution in [-0.2, 0) is 19.2 Å². The van der Waals surface area contributed by atoms with Crippen LogP contribution in [0.2, 0.25) is 0 Å². The van der Waals surface area contributed by atoms with Gasteiger partial charge in [0.15, 0.2) is 9.75 Å². The van der Waals surface area contributed by atoms with Gasteiger partial charge in [0, 0.05) is 23.9 Å². The molecule has 3 aromatic carbocycles. The second-order valence-corrected chi connectivity index (χ2v) is 12.8. The number of carbonyl (C=O) groups is 5. The summed E-state index contributed by atoms with van der Waals surface area (Å²) >= 11 is 14.4. The van der Waals surface area contributed by atoms with Crippen LogP contribution in [0.15, 0.2) is 72.3 Å². The first-order valence-corrected chi connectivity index (χ1v) is 14.5. The fourth-order valence-electron chi connectivity index (χ4n) is 7.63. The Bertz CT molecular complexity index is 1860. The average molecular weight is 619 g/mol. The maximum Gasteiger partial charge on any atom is 0.335 e. The van der Waals surface area contributed by atoms with Gasteiger partial charge >= 0.3 is 5.97 Å². The zero-order valence-corrected chi connectivity index (χ0v) is 24.2. The molecule has 2 N–H and O–H groups in total. The Labute approximate surface area is 255 Å². The molecule has 0 radical (unpaired) electrons. The fraction of sp³-hybridized carbons (Fsp3) is 0.281. The second-order valence-electron chi connectivity index (χ2n) is 11.6. The van der Waals surface area contributed by atoms with E-state index >= 15 is 0 Å². The molecule has 6 unspecified atom stereocenters. The quantitative estimate of drug-likeness (QED) is 0.252. The molecule has 3 aromatic rings. The number of halogens is 2. The minimum Gasteiger partial charge on any atom is -0.507 e. The van der Waals surface area contributed by atoms with Crippen molar-refractivity contribution in [2.45, 2.75) is 28.5 Å². The molecule has 4 aliphatic rings. The van der Waals surface area contributed by atoms with Crippen molar-refractivity contribution in [3.8, 4) is 5.75 Å². The molecule has 0 aromatic heterocycles. The number of allylic oxidation sites excluding steroid dienone is 2. The third kappa shape index (κ3) is 3.43. The van der Waals surface area contributed by atoms with E-state index in [2.05, 4.69) is 0 Å². The van der Waals surface area contributed by atoms with Gasteiger partial charge in [-0.1, -0.05) is 54.1 Å². The molecule has 11 heteroatoms. The van der Waals surface area contributed by atoms with E-state index in [9.17, 15) is 34.2 Å². The molecular formula is C32H24Cl2N2O7. The van der Waals surface area contributed by atoms with Gasteiger partial charge < -0.3 is 10.2 Å². The van der Waals surface area contributed by atoms with Crippen LogP contribution in [0.1, 0.15) is 34.7 Å². The SMILES string of the molecule is CN1C(=O)C2(Cl)CC3C(=CCC4C(=O)N(c5cccc(C(=O)O)c5)C(=O)C43)C(c3ccc4ccccc4c3O)C2(Cl)C1=O. The van der Waals surface area contributed by atoms with Crippen molar-refractivity contribution in [2.24, 2.45) is 17.8 Å². The molecular weight excluding hydrogens is 595 g/mol. The number of likely N-dealkylation sites (tertiary alicyclic amines) is 1. The Morgan fingerprint density at radius 1 is 0.930 bits per heavy atom. The summed E-state index contributed by atoms with van der Waals surface area (Å²) in [5.74, 6) is -7.42. The van der Waals surface area contributed by atoms with Gasteiger partial charge in [-0.05, 0) is 42.3 Å². The summed E-state index contributed by atoms with van der Waals surface area (Å²) in [4.78, 5) is 64.7. The molecule has 2 aliphatic heterocycles. The molecule has 2 saturated heterocycles. The number of nitrogens with zero attached hydrogens (tertiary/aromatic N) is 2. The van der Waals surface area contributed by atoms with Gasteiger partial charge in [0.1, 0.15) is 5.75 Å². The van der Waals surface area contributed by atoms with Crippen molar-refractivity contribution >= 4 is 69.3 Å². The van der Waals surface area contributed by atoms with Crippen LogP contribution in [0.25, 0.3) is 10.8 Å². The van der Waals surface area contributed by atoms with Gasteiger partial charge in [0.25, 0.3) is 11.8 Å². The number of alkyl halides is 2. The number of benzene rings is 3. The van der Waals surface area contributed by atoms with E-state index in [1.807, 2.05) is 12.1 Å². The summed E-state index contributed by atoms with van der Waals surface area (Å²) < 4.78 is 0. The summed E-state index contributed by atoms with van der Waals surface area (Å²) in [6.07, 6.45) is 1.73. The topological polar surface area (TPSA) is 132 Å². The van der Waals surface area contributed by atoms with E-state index in [1.54, 1.807) is 30.3 Å². The molecule has 4 amide bonds. The lowest BCUT2D eigenvalue weighted by atomic mass is 9.56. The second kappa shape index (κ2) is 9.14. The Hall–Kier alpha value is -4.21. The first-order chi connectivity index (χ1) is 20.4. The Morgan fingerprint density at radius 3 is 2.42 bits per heavy atom. The average Bonchev–Trinajstić information content (AvgIpc) is 3.33. The monoisotopic (exact) mass is 618 g/mol. The van der Waals surface area contributed by atoms with Gasteiger partial charge in [-0.3, -0.25) is 29.0 Å². The molecule has 2 heterocycles. The minimum atomic E-state index is -2.02. The van der Waals surface area contributed by atoms with Gasteiger partial charge in [-0.15, -0.1) is 23.2 Å². The van der Waals surface area contributed by atoms with Crippen molar-refractivity contribution in [2.75, 3.05) is 11.9 Å². The largest absolute Gasteiger partial charge is 0.507 e. The predicted molar refractivity (Wildman–Crippen MR) is 157 cm³/mol. The van der Waals surface area contributed by atoms with Crippen LogP contribution in [-0.4, -0.2) is 61.5 Å². The van der Waals surface area contributed by atoms with Crippen LogP contribution >= 0.6 is 23.2 Å². The molecule has 3 fully saturated rings. The number of anilines is 1. The summed E-state index contributed by atoms with van der Waals surface area (Å²) in [5.41, 5.74) is 0.884. The molecule has 1 saturated carbocycles. The van der Waals surface area contributed by atoms with E-state index in [0.29, 0.717) is 11.0 Å². The van der Waals surface area contributed by atoms with Crippen LogP contribution in [0.3, 0.4) is 0 Å². The number of carboxylic acids is 1. The van der Waals surface area contributed by atoms with Gasteiger partial charge in [0.2, 0.25) is 11.8 Å².